The van der Waals surface area contributed by atoms with Gasteiger partial charge in [-0.25, -0.2) is 0 Å². The highest BCUT2D eigenvalue weighted by atomic mass is 14.9. The van der Waals surface area contributed by atoms with Crippen LogP contribution in [0.25, 0.3) is 0 Å². The second-order valence-electron chi connectivity index (χ2n) is 2.43. The Labute approximate surface area is 63.5 Å². The molecule has 0 spiro atoms. The van der Waals surface area contributed by atoms with E-state index in [0.717, 1.165) is 25.9 Å². The lowest BCUT2D eigenvalue weighted by molar-refractivity contribution is 0.560. The molecular weight excluding hydrogens is 124 g/mol. The maximum Gasteiger partial charge on any atom is 0.0168 e. The molecule has 2 heteroatoms. The first-order chi connectivity index (χ1) is 4.81. The van der Waals surface area contributed by atoms with Crippen LogP contribution in [0.15, 0.2) is 12.7 Å². The molecular formula is C8H18N2. The van der Waals surface area contributed by atoms with Crippen molar-refractivity contribution in [2.75, 3.05) is 13.1 Å². The van der Waals surface area contributed by atoms with Gasteiger partial charge in [0.2, 0.25) is 0 Å². The average molecular weight is 142 g/mol. The first-order valence-electron chi connectivity index (χ1n) is 3.88. The molecule has 0 aromatic carbocycles. The topological polar surface area (TPSA) is 38.0 Å². The SMILES string of the molecule is C=CCCC(N)CNCC. The van der Waals surface area contributed by atoms with Gasteiger partial charge < -0.3 is 11.1 Å². The van der Waals surface area contributed by atoms with Gasteiger partial charge in [-0.05, 0) is 19.4 Å². The maximum atomic E-state index is 5.74. The van der Waals surface area contributed by atoms with Crippen LogP contribution in [0.5, 0.6) is 0 Å². The predicted octanol–water partition coefficient (Wildman–Crippen LogP) is 0.889. The number of nitrogens with two attached hydrogens (primary N) is 1. The minimum atomic E-state index is 0.290. The van der Waals surface area contributed by atoms with E-state index in [0.29, 0.717) is 0 Å². The number of nitrogens with one attached hydrogen (secondary N) is 1. The molecule has 1 atom stereocenters. The molecule has 0 saturated carbocycles. The summed E-state index contributed by atoms with van der Waals surface area (Å²) in [7, 11) is 0. The van der Waals surface area contributed by atoms with Crippen molar-refractivity contribution in [2.45, 2.75) is 25.8 Å². The van der Waals surface area contributed by atoms with Crippen LogP contribution in [0.3, 0.4) is 0 Å². The van der Waals surface area contributed by atoms with Gasteiger partial charge in [-0.15, -0.1) is 6.58 Å². The first-order valence-corrected chi connectivity index (χ1v) is 3.88. The summed E-state index contributed by atoms with van der Waals surface area (Å²) in [5.41, 5.74) is 5.74. The third-order valence-corrected chi connectivity index (χ3v) is 1.40. The van der Waals surface area contributed by atoms with Gasteiger partial charge in [-0.3, -0.25) is 0 Å². The average Bonchev–Trinajstić information content (AvgIpc) is 1.97. The number of rotatable bonds is 6. The highest BCUT2D eigenvalue weighted by Gasteiger charge is 1.97. The Bertz CT molecular complexity index is 81.3. The largest absolute Gasteiger partial charge is 0.327 e. The van der Waals surface area contributed by atoms with Crippen LogP contribution in [0.2, 0.25) is 0 Å². The quantitative estimate of drug-likeness (QED) is 0.540. The van der Waals surface area contributed by atoms with Crippen molar-refractivity contribution in [3.8, 4) is 0 Å². The molecule has 0 fully saturated rings. The molecule has 2 nitrogen and oxygen atoms in total. The lowest BCUT2D eigenvalue weighted by Gasteiger charge is -2.09. The number of likely N-dealkylation sites (N-methyl/N-ethyl adjacent to an activating group) is 1. The Morgan fingerprint density at radius 1 is 1.70 bits per heavy atom. The summed E-state index contributed by atoms with van der Waals surface area (Å²) in [6.07, 6.45) is 3.97. The van der Waals surface area contributed by atoms with Gasteiger partial charge in [0, 0.05) is 12.6 Å². The summed E-state index contributed by atoms with van der Waals surface area (Å²) in [5.74, 6) is 0. The summed E-state index contributed by atoms with van der Waals surface area (Å²) in [6.45, 7) is 7.64. The van der Waals surface area contributed by atoms with Crippen LogP contribution in [-0.4, -0.2) is 19.1 Å². The van der Waals surface area contributed by atoms with Crippen molar-refractivity contribution in [1.82, 2.24) is 5.32 Å². The second kappa shape index (κ2) is 6.78. The van der Waals surface area contributed by atoms with Crippen LogP contribution in [0.4, 0.5) is 0 Å². The molecule has 1 unspecified atom stereocenters. The third kappa shape index (κ3) is 5.79. The lowest BCUT2D eigenvalue weighted by atomic mass is 10.2. The fraction of sp³-hybridized carbons (Fsp3) is 0.750. The molecule has 0 amide bonds. The fourth-order valence-electron chi connectivity index (χ4n) is 0.764. The fourth-order valence-corrected chi connectivity index (χ4v) is 0.764. The van der Waals surface area contributed by atoms with E-state index in [4.69, 9.17) is 5.73 Å². The molecule has 60 valence electrons. The molecule has 0 aliphatic rings. The lowest BCUT2D eigenvalue weighted by Crippen LogP contribution is -2.33. The van der Waals surface area contributed by atoms with Crippen molar-refractivity contribution >= 4 is 0 Å². The summed E-state index contributed by atoms with van der Waals surface area (Å²) in [5, 5.41) is 3.20. The highest BCUT2D eigenvalue weighted by molar-refractivity contribution is 4.72. The number of hydrogen-bond acceptors (Lipinski definition) is 2. The van der Waals surface area contributed by atoms with E-state index in [1.54, 1.807) is 0 Å². The molecule has 3 N–H and O–H groups in total. The number of hydrogen-bond donors (Lipinski definition) is 2. The molecule has 0 aromatic rings. The highest BCUT2D eigenvalue weighted by Crippen LogP contribution is 1.92. The van der Waals surface area contributed by atoms with Crippen LogP contribution in [-0.2, 0) is 0 Å². The summed E-state index contributed by atoms with van der Waals surface area (Å²) >= 11 is 0. The summed E-state index contributed by atoms with van der Waals surface area (Å²) in [4.78, 5) is 0. The monoisotopic (exact) mass is 142 g/mol. The van der Waals surface area contributed by atoms with Crippen molar-refractivity contribution < 1.29 is 0 Å². The molecule has 0 aliphatic heterocycles. The van der Waals surface area contributed by atoms with Gasteiger partial charge in [0.1, 0.15) is 0 Å². The van der Waals surface area contributed by atoms with Gasteiger partial charge in [0.25, 0.3) is 0 Å². The standard InChI is InChI=1S/C8H18N2/c1-3-5-6-8(9)7-10-4-2/h3,8,10H,1,4-7,9H2,2H3. The van der Waals surface area contributed by atoms with Gasteiger partial charge in [0.15, 0.2) is 0 Å². The Kier molecular flexibility index (Phi) is 6.55. The Balaban J connectivity index is 3.07. The Morgan fingerprint density at radius 3 is 2.90 bits per heavy atom. The number of allylic oxidation sites excluding steroid dienone is 1. The maximum absolute atomic E-state index is 5.74. The zero-order chi connectivity index (χ0) is 7.82. The van der Waals surface area contributed by atoms with E-state index >= 15 is 0 Å². The van der Waals surface area contributed by atoms with Crippen molar-refractivity contribution in [2.24, 2.45) is 5.73 Å². The zero-order valence-electron chi connectivity index (χ0n) is 6.77. The molecule has 0 heterocycles. The van der Waals surface area contributed by atoms with Gasteiger partial charge in [-0.2, -0.15) is 0 Å². The molecule has 0 radical (unpaired) electrons. The van der Waals surface area contributed by atoms with E-state index in [9.17, 15) is 0 Å². The molecule has 10 heavy (non-hydrogen) atoms. The van der Waals surface area contributed by atoms with Crippen LogP contribution in [0, 0.1) is 0 Å². The normalized spacial score (nSPS) is 13.0. The third-order valence-electron chi connectivity index (χ3n) is 1.40. The minimum Gasteiger partial charge on any atom is -0.327 e. The summed E-state index contributed by atoms with van der Waals surface area (Å²) in [6, 6.07) is 0.290. The Morgan fingerprint density at radius 2 is 2.40 bits per heavy atom. The van der Waals surface area contributed by atoms with E-state index in [2.05, 4.69) is 18.8 Å². The van der Waals surface area contributed by atoms with E-state index < -0.39 is 0 Å². The minimum absolute atomic E-state index is 0.290. The first kappa shape index (κ1) is 9.66. The Hall–Kier alpha value is -0.340. The molecule has 0 bridgehead atoms. The van der Waals surface area contributed by atoms with Crippen molar-refractivity contribution in [1.29, 1.82) is 0 Å². The van der Waals surface area contributed by atoms with Crippen LogP contribution >= 0.6 is 0 Å². The smallest absolute Gasteiger partial charge is 0.0168 e. The van der Waals surface area contributed by atoms with E-state index in [1.165, 1.54) is 0 Å². The molecule has 0 aliphatic carbocycles. The second-order valence-corrected chi connectivity index (χ2v) is 2.43. The van der Waals surface area contributed by atoms with E-state index in [1.807, 2.05) is 6.08 Å². The van der Waals surface area contributed by atoms with Crippen LogP contribution in [0.1, 0.15) is 19.8 Å². The van der Waals surface area contributed by atoms with Crippen molar-refractivity contribution in [3.05, 3.63) is 12.7 Å². The van der Waals surface area contributed by atoms with Crippen molar-refractivity contribution in [3.63, 3.8) is 0 Å². The van der Waals surface area contributed by atoms with Gasteiger partial charge in [-0.1, -0.05) is 13.0 Å². The van der Waals surface area contributed by atoms with Crippen LogP contribution < -0.4 is 11.1 Å². The summed E-state index contributed by atoms with van der Waals surface area (Å²) < 4.78 is 0. The predicted molar refractivity (Wildman–Crippen MR) is 46.0 cm³/mol. The molecule has 0 rings (SSSR count). The zero-order valence-corrected chi connectivity index (χ0v) is 6.77. The van der Waals surface area contributed by atoms with Gasteiger partial charge in [0.05, 0.1) is 0 Å². The molecule has 0 aromatic heterocycles. The van der Waals surface area contributed by atoms with Gasteiger partial charge >= 0.3 is 0 Å². The van der Waals surface area contributed by atoms with E-state index in [-0.39, 0.29) is 6.04 Å². The molecule has 0 saturated heterocycles.